The Balaban J connectivity index is 1.65. The third-order valence-electron chi connectivity index (χ3n) is 6.17. The molecule has 2 heterocycles. The Hall–Kier alpha value is -3.25. The van der Waals surface area contributed by atoms with Crippen LogP contribution in [0, 0.1) is 0 Å². The van der Waals surface area contributed by atoms with Gasteiger partial charge in [-0.05, 0) is 58.4 Å². The molecule has 0 saturated heterocycles. The molecule has 4 rings (SSSR count). The van der Waals surface area contributed by atoms with Crippen molar-refractivity contribution in [1.82, 2.24) is 0 Å². The average Bonchev–Trinajstić information content (AvgIpc) is 3.14. The Morgan fingerprint density at radius 3 is 2.61 bits per heavy atom. The van der Waals surface area contributed by atoms with Gasteiger partial charge in [-0.2, -0.15) is 0 Å². The standard InChI is InChI=1S/C27H30O6/c1-15(22-11-18-9-19(16(2)28)21(29)12-23(18)32-22)14-27(5,30)20-10-17-7-8-26(3,4)33-24(17)13-25(20)31-6/h7-13,15,29-30H,14H2,1-6H3/t15-,27+/m0/s1. The number of fused-ring (bicyclic) bond motifs is 2. The normalized spacial score (nSPS) is 17.2. The maximum absolute atomic E-state index is 11.7. The lowest BCUT2D eigenvalue weighted by Gasteiger charge is -2.32. The van der Waals surface area contributed by atoms with Crippen LogP contribution in [0.1, 0.15) is 74.2 Å². The highest BCUT2D eigenvalue weighted by atomic mass is 16.5. The molecule has 0 unspecified atom stereocenters. The van der Waals surface area contributed by atoms with Crippen LogP contribution in [0.25, 0.3) is 17.0 Å². The first-order chi connectivity index (χ1) is 15.4. The molecule has 0 amide bonds. The number of aliphatic hydroxyl groups is 1. The Labute approximate surface area is 193 Å². The molecule has 6 nitrogen and oxygen atoms in total. The van der Waals surface area contributed by atoms with Gasteiger partial charge in [0.15, 0.2) is 5.78 Å². The minimum Gasteiger partial charge on any atom is -0.507 e. The number of furan rings is 1. The van der Waals surface area contributed by atoms with E-state index in [0.29, 0.717) is 34.8 Å². The monoisotopic (exact) mass is 450 g/mol. The minimum atomic E-state index is -1.22. The number of benzene rings is 2. The van der Waals surface area contributed by atoms with Gasteiger partial charge in [0.1, 0.15) is 34.2 Å². The lowest BCUT2D eigenvalue weighted by atomic mass is 9.84. The van der Waals surface area contributed by atoms with Crippen molar-refractivity contribution in [3.63, 3.8) is 0 Å². The Kier molecular flexibility index (Phi) is 5.53. The number of phenols is 1. The zero-order chi connectivity index (χ0) is 24.1. The van der Waals surface area contributed by atoms with Crippen LogP contribution in [-0.2, 0) is 5.60 Å². The maximum atomic E-state index is 11.7. The molecule has 0 spiro atoms. The van der Waals surface area contributed by atoms with Crippen molar-refractivity contribution in [2.75, 3.05) is 7.11 Å². The minimum absolute atomic E-state index is 0.104. The van der Waals surface area contributed by atoms with Gasteiger partial charge in [-0.15, -0.1) is 0 Å². The van der Waals surface area contributed by atoms with Crippen molar-refractivity contribution in [3.8, 4) is 17.2 Å². The topological polar surface area (TPSA) is 89.1 Å². The van der Waals surface area contributed by atoms with Gasteiger partial charge in [0, 0.05) is 34.6 Å². The summed E-state index contributed by atoms with van der Waals surface area (Å²) in [6.07, 6.45) is 4.35. The molecule has 0 saturated carbocycles. The van der Waals surface area contributed by atoms with Gasteiger partial charge in [0.2, 0.25) is 0 Å². The zero-order valence-electron chi connectivity index (χ0n) is 19.9. The van der Waals surface area contributed by atoms with Crippen molar-refractivity contribution >= 4 is 22.8 Å². The maximum Gasteiger partial charge on any atom is 0.163 e. The van der Waals surface area contributed by atoms with E-state index in [1.807, 2.05) is 51.1 Å². The van der Waals surface area contributed by atoms with Gasteiger partial charge in [-0.3, -0.25) is 4.79 Å². The van der Waals surface area contributed by atoms with Gasteiger partial charge >= 0.3 is 0 Å². The summed E-state index contributed by atoms with van der Waals surface area (Å²) in [5.41, 5.74) is 0.674. The molecule has 0 aliphatic carbocycles. The summed E-state index contributed by atoms with van der Waals surface area (Å²) in [5, 5.41) is 22.3. The second-order valence-electron chi connectivity index (χ2n) is 9.62. The SMILES string of the molecule is COc1cc2c(cc1[C@](C)(O)C[C@H](C)c1cc3cc(C(C)=O)c(O)cc3o1)C=CC(C)(C)O2. The first kappa shape index (κ1) is 22.9. The van der Waals surface area contributed by atoms with Gasteiger partial charge in [0.05, 0.1) is 18.3 Å². The zero-order valence-corrected chi connectivity index (χ0v) is 19.9. The van der Waals surface area contributed by atoms with E-state index in [0.717, 1.165) is 10.9 Å². The van der Waals surface area contributed by atoms with Gasteiger partial charge in [-0.1, -0.05) is 13.0 Å². The third-order valence-corrected chi connectivity index (χ3v) is 6.17. The molecule has 0 radical (unpaired) electrons. The number of carbonyl (C=O) groups excluding carboxylic acids is 1. The first-order valence-electron chi connectivity index (χ1n) is 11.0. The van der Waals surface area contributed by atoms with Crippen LogP contribution in [0.3, 0.4) is 0 Å². The van der Waals surface area contributed by atoms with Crippen LogP contribution in [-0.4, -0.2) is 28.7 Å². The van der Waals surface area contributed by atoms with Crippen molar-refractivity contribution in [2.24, 2.45) is 0 Å². The predicted molar refractivity (Wildman–Crippen MR) is 127 cm³/mol. The van der Waals surface area contributed by atoms with E-state index in [2.05, 4.69) is 0 Å². The molecule has 0 fully saturated rings. The van der Waals surface area contributed by atoms with Crippen molar-refractivity contribution in [3.05, 3.63) is 58.9 Å². The Morgan fingerprint density at radius 1 is 1.21 bits per heavy atom. The van der Waals surface area contributed by atoms with Crippen LogP contribution in [0.15, 0.2) is 40.8 Å². The summed E-state index contributed by atoms with van der Waals surface area (Å²) in [5.74, 6) is 1.46. The molecule has 2 N–H and O–H groups in total. The fraction of sp³-hybridized carbons (Fsp3) is 0.370. The molecule has 0 bridgehead atoms. The largest absolute Gasteiger partial charge is 0.507 e. The number of hydrogen-bond donors (Lipinski definition) is 2. The van der Waals surface area contributed by atoms with E-state index in [-0.39, 0.29) is 23.0 Å². The third kappa shape index (κ3) is 4.35. The molecule has 2 aromatic carbocycles. The summed E-state index contributed by atoms with van der Waals surface area (Å²) in [4.78, 5) is 11.7. The van der Waals surface area contributed by atoms with E-state index in [4.69, 9.17) is 13.9 Å². The highest BCUT2D eigenvalue weighted by Gasteiger charge is 2.33. The molecule has 6 heteroatoms. The lowest BCUT2D eigenvalue weighted by Crippen LogP contribution is -2.28. The molecular weight excluding hydrogens is 420 g/mol. The van der Waals surface area contributed by atoms with E-state index < -0.39 is 11.2 Å². The van der Waals surface area contributed by atoms with E-state index in [9.17, 15) is 15.0 Å². The summed E-state index contributed by atoms with van der Waals surface area (Å²) < 4.78 is 17.6. The highest BCUT2D eigenvalue weighted by molar-refractivity contribution is 6.00. The first-order valence-corrected chi connectivity index (χ1v) is 11.0. The second kappa shape index (κ2) is 7.96. The number of Topliss-reactive ketones (excluding diaryl/α,β-unsaturated/α-hetero) is 1. The number of hydrogen-bond acceptors (Lipinski definition) is 6. The van der Waals surface area contributed by atoms with Crippen LogP contribution in [0.2, 0.25) is 0 Å². The second-order valence-corrected chi connectivity index (χ2v) is 9.62. The van der Waals surface area contributed by atoms with Crippen LogP contribution < -0.4 is 9.47 Å². The number of phenolic OH excluding ortho intramolecular Hbond substituents is 1. The van der Waals surface area contributed by atoms with E-state index in [1.54, 1.807) is 20.1 Å². The van der Waals surface area contributed by atoms with Crippen LogP contribution in [0.5, 0.6) is 17.2 Å². The number of ether oxygens (including phenoxy) is 2. The molecule has 1 aromatic heterocycles. The molecule has 3 aromatic rings. The summed E-state index contributed by atoms with van der Waals surface area (Å²) >= 11 is 0. The predicted octanol–water partition coefficient (Wildman–Crippen LogP) is 5.94. The Bertz CT molecular complexity index is 1260. The van der Waals surface area contributed by atoms with Gasteiger partial charge in [0.25, 0.3) is 0 Å². The molecule has 174 valence electrons. The molecule has 2 atom stereocenters. The molecular formula is C27H30O6. The Morgan fingerprint density at radius 2 is 1.94 bits per heavy atom. The van der Waals surface area contributed by atoms with Crippen molar-refractivity contribution < 1.29 is 28.9 Å². The van der Waals surface area contributed by atoms with E-state index in [1.165, 1.54) is 13.0 Å². The fourth-order valence-corrected chi connectivity index (χ4v) is 4.42. The fourth-order valence-electron chi connectivity index (χ4n) is 4.42. The average molecular weight is 451 g/mol. The summed E-state index contributed by atoms with van der Waals surface area (Å²) in [6, 6.07) is 8.67. The van der Waals surface area contributed by atoms with Crippen molar-refractivity contribution in [1.29, 1.82) is 0 Å². The highest BCUT2D eigenvalue weighted by Crippen LogP contribution is 2.43. The van der Waals surface area contributed by atoms with Gasteiger partial charge < -0.3 is 24.1 Å². The summed E-state index contributed by atoms with van der Waals surface area (Å²) in [7, 11) is 1.58. The molecule has 1 aliphatic heterocycles. The number of rotatable bonds is 6. The van der Waals surface area contributed by atoms with Crippen molar-refractivity contribution in [2.45, 2.75) is 58.2 Å². The van der Waals surface area contributed by atoms with Crippen LogP contribution >= 0.6 is 0 Å². The summed E-state index contributed by atoms with van der Waals surface area (Å²) in [6.45, 7) is 9.10. The van der Waals surface area contributed by atoms with Crippen LogP contribution in [0.4, 0.5) is 0 Å². The van der Waals surface area contributed by atoms with E-state index >= 15 is 0 Å². The molecule has 1 aliphatic rings. The quantitative estimate of drug-likeness (QED) is 0.452. The number of ketones is 1. The smallest absolute Gasteiger partial charge is 0.163 e. The number of methoxy groups -OCH3 is 1. The number of aromatic hydroxyl groups is 1. The molecule has 33 heavy (non-hydrogen) atoms. The van der Waals surface area contributed by atoms with Gasteiger partial charge in [-0.25, -0.2) is 0 Å². The lowest BCUT2D eigenvalue weighted by molar-refractivity contribution is 0.0370. The number of carbonyl (C=O) groups is 1.